The molecule has 1 heterocycles. The van der Waals surface area contributed by atoms with Gasteiger partial charge in [0.25, 0.3) is 0 Å². The summed E-state index contributed by atoms with van der Waals surface area (Å²) >= 11 is 0. The SMILES string of the molecule is Cc1nccn1CCCNCc1ccc(-c2ccc(C(F)(F)F)cc2)cc1. The Morgan fingerprint density at radius 1 is 0.963 bits per heavy atom. The first-order valence-corrected chi connectivity index (χ1v) is 8.88. The van der Waals surface area contributed by atoms with Gasteiger partial charge in [0.05, 0.1) is 5.56 Å². The summed E-state index contributed by atoms with van der Waals surface area (Å²) in [6.07, 6.45) is 0.502. The molecule has 1 aromatic heterocycles. The molecule has 0 amide bonds. The van der Waals surface area contributed by atoms with Crippen LogP contribution in [-0.2, 0) is 19.3 Å². The van der Waals surface area contributed by atoms with Crippen LogP contribution in [0.25, 0.3) is 11.1 Å². The maximum Gasteiger partial charge on any atom is 0.416 e. The van der Waals surface area contributed by atoms with E-state index in [1.54, 1.807) is 6.20 Å². The van der Waals surface area contributed by atoms with Crippen LogP contribution in [0.3, 0.4) is 0 Å². The van der Waals surface area contributed by atoms with Crippen molar-refractivity contribution >= 4 is 0 Å². The molecule has 0 atom stereocenters. The Morgan fingerprint density at radius 3 is 2.15 bits per heavy atom. The predicted octanol–water partition coefficient (Wildman–Crippen LogP) is 5.06. The van der Waals surface area contributed by atoms with E-state index in [-0.39, 0.29) is 0 Å². The fraction of sp³-hybridized carbons (Fsp3) is 0.286. The topological polar surface area (TPSA) is 29.9 Å². The summed E-state index contributed by atoms with van der Waals surface area (Å²) in [7, 11) is 0. The zero-order chi connectivity index (χ0) is 19.3. The summed E-state index contributed by atoms with van der Waals surface area (Å²) in [4.78, 5) is 4.20. The third-order valence-electron chi connectivity index (χ3n) is 4.50. The average Bonchev–Trinajstić information content (AvgIpc) is 3.06. The first-order chi connectivity index (χ1) is 12.9. The number of imidazole rings is 1. The maximum absolute atomic E-state index is 12.6. The molecule has 0 aliphatic rings. The quantitative estimate of drug-likeness (QED) is 0.587. The van der Waals surface area contributed by atoms with Crippen LogP contribution in [0.1, 0.15) is 23.4 Å². The molecule has 0 radical (unpaired) electrons. The standard InChI is InChI=1S/C21H22F3N3/c1-16-26-12-14-27(16)13-2-11-25-15-17-3-5-18(6-4-17)19-7-9-20(10-8-19)21(22,23)24/h3-10,12,14,25H,2,11,13,15H2,1H3. The first kappa shape index (κ1) is 19.2. The summed E-state index contributed by atoms with van der Waals surface area (Å²) in [5.74, 6) is 1.02. The molecule has 0 unspecified atom stereocenters. The van der Waals surface area contributed by atoms with E-state index >= 15 is 0 Å². The Labute approximate surface area is 156 Å². The lowest BCUT2D eigenvalue weighted by molar-refractivity contribution is -0.137. The molecule has 142 valence electrons. The monoisotopic (exact) mass is 373 g/mol. The van der Waals surface area contributed by atoms with E-state index in [9.17, 15) is 13.2 Å². The van der Waals surface area contributed by atoms with Gasteiger partial charge in [-0.25, -0.2) is 4.98 Å². The molecule has 0 fully saturated rings. The van der Waals surface area contributed by atoms with E-state index in [0.717, 1.165) is 60.7 Å². The van der Waals surface area contributed by atoms with Crippen LogP contribution in [0.15, 0.2) is 60.9 Å². The number of benzene rings is 2. The van der Waals surface area contributed by atoms with Gasteiger partial charge in [-0.1, -0.05) is 36.4 Å². The summed E-state index contributed by atoms with van der Waals surface area (Å²) < 4.78 is 40.0. The number of rotatable bonds is 7. The Morgan fingerprint density at radius 2 is 1.59 bits per heavy atom. The van der Waals surface area contributed by atoms with Crippen LogP contribution in [0.4, 0.5) is 13.2 Å². The molecule has 0 aliphatic heterocycles. The van der Waals surface area contributed by atoms with E-state index < -0.39 is 11.7 Å². The number of hydrogen-bond donors (Lipinski definition) is 1. The van der Waals surface area contributed by atoms with Gasteiger partial charge in [0.1, 0.15) is 5.82 Å². The van der Waals surface area contributed by atoms with E-state index in [2.05, 4.69) is 14.9 Å². The summed E-state index contributed by atoms with van der Waals surface area (Å²) in [5, 5.41) is 3.41. The Balaban J connectivity index is 1.48. The maximum atomic E-state index is 12.6. The zero-order valence-corrected chi connectivity index (χ0v) is 15.1. The highest BCUT2D eigenvalue weighted by Crippen LogP contribution is 2.31. The fourth-order valence-electron chi connectivity index (χ4n) is 2.91. The van der Waals surface area contributed by atoms with Crippen LogP contribution in [0, 0.1) is 6.92 Å². The van der Waals surface area contributed by atoms with Crippen LogP contribution in [-0.4, -0.2) is 16.1 Å². The van der Waals surface area contributed by atoms with Gasteiger partial charge in [0.15, 0.2) is 0 Å². The molecule has 3 rings (SSSR count). The summed E-state index contributed by atoms with van der Waals surface area (Å²) in [6, 6.07) is 13.1. The van der Waals surface area contributed by atoms with Crippen molar-refractivity contribution in [2.75, 3.05) is 6.54 Å². The second-order valence-electron chi connectivity index (χ2n) is 6.47. The lowest BCUT2D eigenvalue weighted by Gasteiger charge is -2.09. The molecule has 0 bridgehead atoms. The molecule has 2 aromatic carbocycles. The second kappa shape index (κ2) is 8.39. The van der Waals surface area contributed by atoms with Crippen molar-refractivity contribution in [3.05, 3.63) is 77.9 Å². The molecular weight excluding hydrogens is 351 g/mol. The predicted molar refractivity (Wildman–Crippen MR) is 100 cm³/mol. The van der Waals surface area contributed by atoms with Gasteiger partial charge >= 0.3 is 6.18 Å². The van der Waals surface area contributed by atoms with Gasteiger partial charge in [0, 0.05) is 25.5 Å². The molecule has 3 nitrogen and oxygen atoms in total. The highest BCUT2D eigenvalue weighted by Gasteiger charge is 2.29. The molecule has 0 spiro atoms. The van der Waals surface area contributed by atoms with E-state index in [1.807, 2.05) is 37.4 Å². The number of hydrogen-bond acceptors (Lipinski definition) is 2. The third-order valence-corrected chi connectivity index (χ3v) is 4.50. The minimum Gasteiger partial charge on any atom is -0.335 e. The minimum atomic E-state index is -4.30. The Hall–Kier alpha value is -2.60. The van der Waals surface area contributed by atoms with E-state index in [0.29, 0.717) is 0 Å². The molecule has 1 N–H and O–H groups in total. The molecule has 0 aliphatic carbocycles. The van der Waals surface area contributed by atoms with Crippen molar-refractivity contribution in [2.24, 2.45) is 0 Å². The number of nitrogens with zero attached hydrogens (tertiary/aromatic N) is 2. The minimum absolute atomic E-state index is 0.627. The van der Waals surface area contributed by atoms with Gasteiger partial charge in [0.2, 0.25) is 0 Å². The van der Waals surface area contributed by atoms with Gasteiger partial charge in [-0.15, -0.1) is 0 Å². The average molecular weight is 373 g/mol. The molecular formula is C21H22F3N3. The number of aryl methyl sites for hydroxylation is 2. The molecule has 6 heteroatoms. The number of halogens is 3. The lowest BCUT2D eigenvalue weighted by atomic mass is 10.0. The third kappa shape index (κ3) is 5.20. The highest BCUT2D eigenvalue weighted by molar-refractivity contribution is 5.64. The number of aromatic nitrogens is 2. The van der Waals surface area contributed by atoms with Crippen molar-refractivity contribution in [3.63, 3.8) is 0 Å². The summed E-state index contributed by atoms with van der Waals surface area (Å²) in [5.41, 5.74) is 2.20. The Bertz CT molecular complexity index is 850. The molecule has 0 saturated heterocycles. The molecule has 3 aromatic rings. The van der Waals surface area contributed by atoms with Crippen molar-refractivity contribution in [3.8, 4) is 11.1 Å². The van der Waals surface area contributed by atoms with Crippen molar-refractivity contribution in [1.82, 2.24) is 14.9 Å². The largest absolute Gasteiger partial charge is 0.416 e. The van der Waals surface area contributed by atoms with Crippen LogP contribution >= 0.6 is 0 Å². The van der Waals surface area contributed by atoms with Gasteiger partial charge in [-0.2, -0.15) is 13.2 Å². The van der Waals surface area contributed by atoms with Gasteiger partial charge in [-0.05, 0) is 48.7 Å². The smallest absolute Gasteiger partial charge is 0.335 e. The van der Waals surface area contributed by atoms with Crippen LogP contribution < -0.4 is 5.32 Å². The van der Waals surface area contributed by atoms with E-state index in [1.165, 1.54) is 12.1 Å². The zero-order valence-electron chi connectivity index (χ0n) is 15.1. The fourth-order valence-corrected chi connectivity index (χ4v) is 2.91. The lowest BCUT2D eigenvalue weighted by Crippen LogP contribution is -2.16. The van der Waals surface area contributed by atoms with Gasteiger partial charge < -0.3 is 9.88 Å². The molecule has 0 saturated carbocycles. The second-order valence-corrected chi connectivity index (χ2v) is 6.47. The Kier molecular flexibility index (Phi) is 5.96. The van der Waals surface area contributed by atoms with Crippen LogP contribution in [0.2, 0.25) is 0 Å². The molecule has 27 heavy (non-hydrogen) atoms. The van der Waals surface area contributed by atoms with E-state index in [4.69, 9.17) is 0 Å². The number of nitrogens with one attached hydrogen (secondary N) is 1. The van der Waals surface area contributed by atoms with Crippen molar-refractivity contribution in [2.45, 2.75) is 32.6 Å². The highest BCUT2D eigenvalue weighted by atomic mass is 19.4. The first-order valence-electron chi connectivity index (χ1n) is 8.88. The normalized spacial score (nSPS) is 11.7. The van der Waals surface area contributed by atoms with Crippen LogP contribution in [0.5, 0.6) is 0 Å². The van der Waals surface area contributed by atoms with Crippen molar-refractivity contribution in [1.29, 1.82) is 0 Å². The van der Waals surface area contributed by atoms with Gasteiger partial charge in [-0.3, -0.25) is 0 Å². The summed E-state index contributed by atoms with van der Waals surface area (Å²) in [6.45, 7) is 4.59. The van der Waals surface area contributed by atoms with Crippen molar-refractivity contribution < 1.29 is 13.2 Å². The number of alkyl halides is 3.